The van der Waals surface area contributed by atoms with Crippen molar-refractivity contribution < 1.29 is 49.5 Å². The Labute approximate surface area is 233 Å². The second kappa shape index (κ2) is 10.3. The third-order valence-corrected chi connectivity index (χ3v) is 8.04. The highest BCUT2D eigenvalue weighted by molar-refractivity contribution is 6.25. The summed E-state index contributed by atoms with van der Waals surface area (Å²) in [6, 6.07) is 1.36. The van der Waals surface area contributed by atoms with Crippen LogP contribution in [0.1, 0.15) is 28.8 Å². The topological polar surface area (TPSA) is 266 Å². The van der Waals surface area contributed by atoms with E-state index in [1.165, 1.54) is 31.1 Å². The van der Waals surface area contributed by atoms with E-state index in [2.05, 4.69) is 10.6 Å². The summed E-state index contributed by atoms with van der Waals surface area (Å²) < 4.78 is 0. The number of nitrogens with two attached hydrogens (primary N) is 2. The van der Waals surface area contributed by atoms with Crippen molar-refractivity contribution in [3.63, 3.8) is 0 Å². The van der Waals surface area contributed by atoms with E-state index in [1.807, 2.05) is 0 Å². The van der Waals surface area contributed by atoms with Crippen molar-refractivity contribution in [1.82, 2.24) is 10.2 Å². The zero-order chi connectivity index (χ0) is 30.7. The molecule has 0 radical (unpaired) electrons. The Morgan fingerprint density at radius 1 is 1.10 bits per heavy atom. The standard InChI is InChI=1S/C26H31N5O10/c1-8-9-4-5-10(30-12(33)7-29-11(32)6-27)19(34)14(9)20(35)15-13(8)21(36)17-18(31(2)3)22(37)16(25(28)40)24(39)26(17,41)23(15)38/h4-5,8,13,17-18,21,34,36-38,41H,6-7,27H2,1-3H3,(H2,28,40)(H,29,32)(H,30,33). The summed E-state index contributed by atoms with van der Waals surface area (Å²) in [6.45, 7) is 0.747. The number of fused-ring (bicyclic) bond motifs is 3. The predicted molar refractivity (Wildman–Crippen MR) is 140 cm³/mol. The number of benzene rings is 1. The van der Waals surface area contributed by atoms with Gasteiger partial charge in [-0.2, -0.15) is 0 Å². The van der Waals surface area contributed by atoms with Crippen LogP contribution >= 0.6 is 0 Å². The van der Waals surface area contributed by atoms with Crippen molar-refractivity contribution in [2.75, 3.05) is 32.5 Å². The fourth-order valence-electron chi connectivity index (χ4n) is 6.17. The maximum absolute atomic E-state index is 13.8. The molecule has 0 bridgehead atoms. The molecular formula is C26H31N5O10. The number of anilines is 1. The molecule has 0 heterocycles. The summed E-state index contributed by atoms with van der Waals surface area (Å²) >= 11 is 0. The molecule has 0 aromatic heterocycles. The smallest absolute Gasteiger partial charge is 0.255 e. The summed E-state index contributed by atoms with van der Waals surface area (Å²) in [6.07, 6.45) is -1.72. The van der Waals surface area contributed by atoms with Crippen LogP contribution in [0.2, 0.25) is 0 Å². The molecule has 0 saturated heterocycles. The van der Waals surface area contributed by atoms with Crippen LogP contribution in [0.4, 0.5) is 5.69 Å². The van der Waals surface area contributed by atoms with Gasteiger partial charge in [-0.15, -0.1) is 0 Å². The quantitative estimate of drug-likeness (QED) is 0.128. The van der Waals surface area contributed by atoms with Gasteiger partial charge in [0.2, 0.25) is 17.6 Å². The van der Waals surface area contributed by atoms with Gasteiger partial charge in [0.15, 0.2) is 17.1 Å². The van der Waals surface area contributed by atoms with E-state index in [-0.39, 0.29) is 23.4 Å². The number of phenolic OH excluding ortho intramolecular Hbond substituents is 1. The minimum atomic E-state index is -3.04. The molecule has 1 aromatic carbocycles. The molecule has 6 atom stereocenters. The van der Waals surface area contributed by atoms with Gasteiger partial charge in [0.1, 0.15) is 17.1 Å². The van der Waals surface area contributed by atoms with E-state index in [9.17, 15) is 49.5 Å². The van der Waals surface area contributed by atoms with Crippen LogP contribution in [-0.2, 0) is 19.2 Å². The van der Waals surface area contributed by atoms with Crippen molar-refractivity contribution in [2.45, 2.75) is 30.6 Å². The van der Waals surface area contributed by atoms with Gasteiger partial charge in [0.25, 0.3) is 5.91 Å². The van der Waals surface area contributed by atoms with Crippen molar-refractivity contribution in [3.05, 3.63) is 45.9 Å². The van der Waals surface area contributed by atoms with Crippen LogP contribution in [-0.4, -0.2) is 105 Å². The number of aliphatic hydroxyl groups is 4. The molecule has 0 saturated carbocycles. The first-order valence-corrected chi connectivity index (χ1v) is 12.6. The second-order valence-corrected chi connectivity index (χ2v) is 10.5. The molecule has 3 aliphatic carbocycles. The van der Waals surface area contributed by atoms with E-state index in [0.29, 0.717) is 0 Å². The minimum absolute atomic E-state index is 0.215. The predicted octanol–water partition coefficient (Wildman–Crippen LogP) is -2.33. The van der Waals surface area contributed by atoms with E-state index in [4.69, 9.17) is 11.5 Å². The Morgan fingerprint density at radius 2 is 1.73 bits per heavy atom. The van der Waals surface area contributed by atoms with Crippen LogP contribution in [0.25, 0.3) is 0 Å². The highest BCUT2D eigenvalue weighted by Crippen LogP contribution is 2.56. The third-order valence-electron chi connectivity index (χ3n) is 8.04. The van der Waals surface area contributed by atoms with Crippen LogP contribution < -0.4 is 22.1 Å². The van der Waals surface area contributed by atoms with E-state index in [1.54, 1.807) is 6.92 Å². The molecule has 41 heavy (non-hydrogen) atoms. The maximum atomic E-state index is 13.8. The molecule has 15 heteroatoms. The van der Waals surface area contributed by atoms with E-state index in [0.717, 1.165) is 0 Å². The lowest BCUT2D eigenvalue weighted by molar-refractivity contribution is -0.162. The summed E-state index contributed by atoms with van der Waals surface area (Å²) in [5, 5.41) is 61.1. The first-order chi connectivity index (χ1) is 19.1. The molecule has 11 N–H and O–H groups in total. The number of Topliss-reactive ketones (excluding diaryl/α,β-unsaturated/α-hetero) is 2. The van der Waals surface area contributed by atoms with Crippen molar-refractivity contribution in [1.29, 1.82) is 0 Å². The van der Waals surface area contributed by atoms with Gasteiger partial charge in [0.05, 0.1) is 42.4 Å². The number of nitrogens with one attached hydrogen (secondary N) is 2. The van der Waals surface area contributed by atoms with Gasteiger partial charge in [-0.3, -0.25) is 28.9 Å². The molecule has 3 aliphatic rings. The highest BCUT2D eigenvalue weighted by Gasteiger charge is 2.67. The maximum Gasteiger partial charge on any atom is 0.255 e. The average molecular weight is 574 g/mol. The van der Waals surface area contributed by atoms with Gasteiger partial charge in [-0.25, -0.2) is 0 Å². The Balaban J connectivity index is 1.86. The number of amides is 3. The summed E-state index contributed by atoms with van der Waals surface area (Å²) in [4.78, 5) is 64.3. The van der Waals surface area contributed by atoms with Crippen molar-refractivity contribution >= 4 is 35.0 Å². The number of carbonyl (C=O) groups is 5. The fourth-order valence-corrected chi connectivity index (χ4v) is 6.17. The molecule has 0 spiro atoms. The monoisotopic (exact) mass is 573 g/mol. The zero-order valence-electron chi connectivity index (χ0n) is 22.3. The number of carbonyl (C=O) groups excluding carboxylic acids is 5. The number of rotatable bonds is 6. The number of ketones is 2. The first-order valence-electron chi connectivity index (χ1n) is 12.6. The summed E-state index contributed by atoms with van der Waals surface area (Å²) in [7, 11) is 2.89. The average Bonchev–Trinajstić information content (AvgIpc) is 2.90. The highest BCUT2D eigenvalue weighted by atomic mass is 16.4. The molecule has 1 aromatic rings. The van der Waals surface area contributed by atoms with Crippen LogP contribution in [0.3, 0.4) is 0 Å². The van der Waals surface area contributed by atoms with Gasteiger partial charge in [0, 0.05) is 11.5 Å². The van der Waals surface area contributed by atoms with E-state index >= 15 is 0 Å². The van der Waals surface area contributed by atoms with Crippen LogP contribution in [0, 0.1) is 11.8 Å². The molecule has 4 rings (SSSR count). The Hall–Kier alpha value is -4.31. The van der Waals surface area contributed by atoms with Gasteiger partial charge in [-0.1, -0.05) is 13.0 Å². The number of aromatic hydroxyl groups is 1. The number of hydrogen-bond acceptors (Lipinski definition) is 12. The molecule has 15 nitrogen and oxygen atoms in total. The van der Waals surface area contributed by atoms with Gasteiger partial charge < -0.3 is 47.6 Å². The van der Waals surface area contributed by atoms with Crippen molar-refractivity contribution in [3.8, 4) is 5.75 Å². The van der Waals surface area contributed by atoms with Gasteiger partial charge in [-0.05, 0) is 31.6 Å². The molecule has 6 unspecified atom stereocenters. The molecule has 220 valence electrons. The lowest BCUT2D eigenvalue weighted by atomic mass is 9.55. The lowest BCUT2D eigenvalue weighted by Crippen LogP contribution is -2.68. The number of phenols is 1. The number of primary amides is 1. The number of nitrogens with zero attached hydrogens (tertiary/aromatic N) is 1. The van der Waals surface area contributed by atoms with Crippen molar-refractivity contribution in [2.24, 2.45) is 23.3 Å². The minimum Gasteiger partial charge on any atom is -0.510 e. The number of likely N-dealkylation sites (N-methyl/N-ethyl adjacent to an activating group) is 1. The van der Waals surface area contributed by atoms with Crippen LogP contribution in [0.5, 0.6) is 5.75 Å². The third kappa shape index (κ3) is 4.24. The van der Waals surface area contributed by atoms with E-state index < -0.39 is 99.7 Å². The molecule has 0 aliphatic heterocycles. The fraction of sp³-hybridized carbons (Fsp3) is 0.423. The molecule has 0 fully saturated rings. The summed E-state index contributed by atoms with van der Waals surface area (Å²) in [5.41, 5.74) is 5.53. The number of aliphatic hydroxyl groups excluding tert-OH is 3. The molecular weight excluding hydrogens is 542 g/mol. The van der Waals surface area contributed by atoms with Gasteiger partial charge >= 0.3 is 0 Å². The number of hydrogen-bond donors (Lipinski definition) is 9. The second-order valence-electron chi connectivity index (χ2n) is 10.5. The lowest BCUT2D eigenvalue weighted by Gasteiger charge is -2.53. The Morgan fingerprint density at radius 3 is 2.29 bits per heavy atom. The Bertz CT molecular complexity index is 1450. The zero-order valence-corrected chi connectivity index (χ0v) is 22.3. The summed E-state index contributed by atoms with van der Waals surface area (Å²) in [5.74, 6) is -11.6. The normalized spacial score (nSPS) is 29.1. The SMILES string of the molecule is CC1c2ccc(NC(=O)CNC(=O)CN)c(O)c2C(=O)C2=C(O)C3(O)C(=O)C(C(N)=O)=C(O)C(N(C)C)C3C(O)C21. The Kier molecular flexibility index (Phi) is 7.43. The largest absolute Gasteiger partial charge is 0.510 e. The first kappa shape index (κ1) is 29.7. The van der Waals surface area contributed by atoms with Crippen LogP contribution in [0.15, 0.2) is 34.8 Å². The molecule has 3 amide bonds.